The Morgan fingerprint density at radius 1 is 0.906 bits per heavy atom. The zero-order valence-electron chi connectivity index (χ0n) is 16.2. The Hall–Kier alpha value is -2.00. The molecular formula is C19H12F3KN2O6S. The normalized spacial score (nSPS) is 11.5. The molecule has 3 aromatic carbocycles. The van der Waals surface area contributed by atoms with E-state index in [0.29, 0.717) is 0 Å². The van der Waals surface area contributed by atoms with Crippen LogP contribution in [0.15, 0.2) is 59.5 Å². The fourth-order valence-corrected chi connectivity index (χ4v) is 3.20. The summed E-state index contributed by atoms with van der Waals surface area (Å²) in [5.41, 5.74) is -0.313. The molecule has 162 valence electrons. The number of alkyl halides is 3. The second-order valence-electron chi connectivity index (χ2n) is 6.25. The van der Waals surface area contributed by atoms with Crippen LogP contribution < -0.4 is 62.0 Å². The molecule has 0 saturated heterocycles. The number of hydrogen-bond acceptors (Lipinski definition) is 6. The van der Waals surface area contributed by atoms with E-state index in [-0.39, 0.29) is 79.1 Å². The molecule has 0 radical (unpaired) electrons. The average Bonchev–Trinajstić information content (AvgIpc) is 2.67. The molecule has 8 nitrogen and oxygen atoms in total. The number of fused-ring (bicyclic) bond motifs is 1. The Labute approximate surface area is 222 Å². The number of rotatable bonds is 4. The van der Waals surface area contributed by atoms with Crippen molar-refractivity contribution in [1.82, 2.24) is 0 Å². The van der Waals surface area contributed by atoms with Crippen LogP contribution in [0.4, 0.5) is 24.5 Å². The number of phenolic OH excluding ortho intramolecular Hbond substituents is 1. The first kappa shape index (κ1) is 26.3. The third kappa shape index (κ3) is 5.86. The van der Waals surface area contributed by atoms with Crippen molar-refractivity contribution in [3.63, 3.8) is 0 Å². The topological polar surface area (TPSA) is 136 Å². The molecule has 0 aliphatic heterocycles. The third-order valence-electron chi connectivity index (χ3n) is 4.18. The van der Waals surface area contributed by atoms with Crippen molar-refractivity contribution < 1.29 is 92.2 Å². The molecule has 0 atom stereocenters. The molecule has 0 heterocycles. The smallest absolute Gasteiger partial charge is 0.744 e. The van der Waals surface area contributed by atoms with Crippen LogP contribution in [0.1, 0.15) is 10.4 Å². The second kappa shape index (κ2) is 9.87. The van der Waals surface area contributed by atoms with Gasteiger partial charge in [-0.1, -0.05) is 18.2 Å². The van der Waals surface area contributed by atoms with Crippen LogP contribution >= 0.6 is 0 Å². The van der Waals surface area contributed by atoms with Crippen LogP contribution in [0.2, 0.25) is 0 Å². The van der Waals surface area contributed by atoms with Gasteiger partial charge in [-0.25, -0.2) is 8.42 Å². The molecular weight excluding hydrogens is 480 g/mol. The Balaban J connectivity index is 0.00000363. The van der Waals surface area contributed by atoms with E-state index in [1.807, 2.05) is 0 Å². The van der Waals surface area contributed by atoms with Gasteiger partial charge in [-0.2, -0.15) is 13.2 Å². The van der Waals surface area contributed by atoms with Crippen molar-refractivity contribution in [2.45, 2.75) is 11.1 Å². The number of benzene rings is 3. The summed E-state index contributed by atoms with van der Waals surface area (Å²) in [5.74, 6) is -3.54. The van der Waals surface area contributed by atoms with Crippen molar-refractivity contribution >= 4 is 44.1 Å². The second-order valence-corrected chi connectivity index (χ2v) is 7.63. The number of carbonyl (C=O) groups is 2. The van der Waals surface area contributed by atoms with Gasteiger partial charge in [0.25, 0.3) is 5.91 Å². The molecule has 2 amide bonds. The van der Waals surface area contributed by atoms with Crippen molar-refractivity contribution in [3.8, 4) is 5.75 Å². The van der Waals surface area contributed by atoms with E-state index in [1.54, 1.807) is 5.32 Å². The number of anilines is 2. The van der Waals surface area contributed by atoms with Gasteiger partial charge in [0.05, 0.1) is 10.5 Å². The van der Waals surface area contributed by atoms with E-state index in [2.05, 4.69) is 5.32 Å². The Kier molecular flexibility index (Phi) is 8.09. The van der Waals surface area contributed by atoms with Crippen LogP contribution in [-0.2, 0) is 14.9 Å². The van der Waals surface area contributed by atoms with Gasteiger partial charge in [-0.15, -0.1) is 0 Å². The predicted molar refractivity (Wildman–Crippen MR) is 103 cm³/mol. The Bertz CT molecular complexity index is 1290. The fraction of sp³-hybridized carbons (Fsp3) is 0.0526. The molecule has 0 aliphatic rings. The summed E-state index contributed by atoms with van der Waals surface area (Å²) >= 11 is 0. The molecule has 0 spiro atoms. The first-order valence-electron chi connectivity index (χ1n) is 8.38. The van der Waals surface area contributed by atoms with Crippen LogP contribution in [0.25, 0.3) is 10.8 Å². The average molecular weight is 492 g/mol. The van der Waals surface area contributed by atoms with E-state index in [9.17, 15) is 40.8 Å². The summed E-state index contributed by atoms with van der Waals surface area (Å²) < 4.78 is 70.4. The Morgan fingerprint density at radius 2 is 1.53 bits per heavy atom. The SMILES string of the molecule is O=C(Nc1ccc(S(=O)(=O)[O-])cc1)c1ccc2c(NC(=O)C(F)(F)F)cccc2c1O.[K+]. The zero-order chi connectivity index (χ0) is 23.0. The molecule has 13 heteroatoms. The molecule has 0 fully saturated rings. The number of halogens is 3. The monoisotopic (exact) mass is 492 g/mol. The molecule has 0 saturated carbocycles. The largest absolute Gasteiger partial charge is 1.00 e. The maximum Gasteiger partial charge on any atom is 1.00 e. The van der Waals surface area contributed by atoms with Gasteiger partial charge in [0.2, 0.25) is 0 Å². The van der Waals surface area contributed by atoms with Gasteiger partial charge in [0.15, 0.2) is 0 Å². The van der Waals surface area contributed by atoms with E-state index >= 15 is 0 Å². The summed E-state index contributed by atoms with van der Waals surface area (Å²) in [5, 5.41) is 14.6. The van der Waals surface area contributed by atoms with E-state index in [0.717, 1.165) is 18.2 Å². The Morgan fingerprint density at radius 3 is 2.09 bits per heavy atom. The molecule has 3 rings (SSSR count). The summed E-state index contributed by atoms with van der Waals surface area (Å²) in [7, 11) is -4.66. The van der Waals surface area contributed by atoms with E-state index in [1.165, 1.54) is 36.4 Å². The number of aromatic hydroxyl groups is 1. The van der Waals surface area contributed by atoms with Crippen molar-refractivity contribution in [1.29, 1.82) is 0 Å². The van der Waals surface area contributed by atoms with Crippen molar-refractivity contribution in [3.05, 3.63) is 60.2 Å². The zero-order valence-corrected chi connectivity index (χ0v) is 20.2. The maximum atomic E-state index is 12.5. The molecule has 3 N–H and O–H groups in total. The van der Waals surface area contributed by atoms with Gasteiger partial charge in [0, 0.05) is 22.1 Å². The standard InChI is InChI=1S/C19H13F3N2O6S.K/c20-19(21,22)18(27)24-15-3-1-2-13-12(15)8-9-14(16(13)25)17(26)23-10-4-6-11(7-5-10)31(28,29)30;/h1-9,25H,(H,23,26)(H,24,27)(H,28,29,30);/q;+1/p-1. The minimum atomic E-state index is -5.11. The van der Waals surface area contributed by atoms with Gasteiger partial charge in [0.1, 0.15) is 15.9 Å². The van der Waals surface area contributed by atoms with Crippen molar-refractivity contribution in [2.75, 3.05) is 10.6 Å². The molecule has 0 bridgehead atoms. The first-order valence-corrected chi connectivity index (χ1v) is 9.79. The summed E-state index contributed by atoms with van der Waals surface area (Å²) in [4.78, 5) is 23.2. The van der Waals surface area contributed by atoms with Gasteiger partial charge in [-0.05, 0) is 36.4 Å². The number of amides is 2. The number of hydrogen-bond donors (Lipinski definition) is 3. The maximum absolute atomic E-state index is 12.5. The quantitative estimate of drug-likeness (QED) is 0.352. The van der Waals surface area contributed by atoms with E-state index < -0.39 is 38.8 Å². The van der Waals surface area contributed by atoms with Gasteiger partial charge in [-0.3, -0.25) is 9.59 Å². The van der Waals surface area contributed by atoms with Crippen LogP contribution in [0.3, 0.4) is 0 Å². The molecule has 3 aromatic rings. The summed E-state index contributed by atoms with van der Waals surface area (Å²) in [6, 6.07) is 10.6. The summed E-state index contributed by atoms with van der Waals surface area (Å²) in [6.07, 6.45) is -5.11. The minimum Gasteiger partial charge on any atom is -0.744 e. The fourth-order valence-electron chi connectivity index (χ4n) is 2.73. The molecule has 0 aromatic heterocycles. The molecule has 32 heavy (non-hydrogen) atoms. The minimum absolute atomic E-state index is 0. The summed E-state index contributed by atoms with van der Waals surface area (Å²) in [6.45, 7) is 0. The first-order chi connectivity index (χ1) is 14.4. The molecule has 0 unspecified atom stereocenters. The number of phenols is 1. The van der Waals surface area contributed by atoms with Crippen molar-refractivity contribution in [2.24, 2.45) is 0 Å². The number of carbonyl (C=O) groups excluding carboxylic acids is 2. The van der Waals surface area contributed by atoms with Gasteiger partial charge >= 0.3 is 63.5 Å². The van der Waals surface area contributed by atoms with Gasteiger partial charge < -0.3 is 20.3 Å². The molecule has 0 aliphatic carbocycles. The third-order valence-corrected chi connectivity index (χ3v) is 5.03. The van der Waals surface area contributed by atoms with Crippen LogP contribution in [0, 0.1) is 0 Å². The number of nitrogens with one attached hydrogen (secondary N) is 2. The van der Waals surface area contributed by atoms with E-state index in [4.69, 9.17) is 0 Å². The van der Waals surface area contributed by atoms with Crippen LogP contribution in [-0.4, -0.2) is 36.1 Å². The van der Waals surface area contributed by atoms with Crippen LogP contribution in [0.5, 0.6) is 5.75 Å². The predicted octanol–water partition coefficient (Wildman–Crippen LogP) is 0.207.